The average Bonchev–Trinajstić information content (AvgIpc) is 3.87. The predicted molar refractivity (Wildman–Crippen MR) is 183 cm³/mol. The molecule has 0 saturated heterocycles. The third-order valence-corrected chi connectivity index (χ3v) is 11.2. The van der Waals surface area contributed by atoms with Crippen LogP contribution in [0.5, 0.6) is 23.0 Å². The minimum Gasteiger partial charge on any atom is -0.493 e. The van der Waals surface area contributed by atoms with Gasteiger partial charge < -0.3 is 28.9 Å². The maximum absolute atomic E-state index is 9.89. The number of ether oxygens (including phenoxy) is 5. The molecule has 0 heterocycles. The van der Waals surface area contributed by atoms with Crippen molar-refractivity contribution in [2.45, 2.75) is 138 Å². The van der Waals surface area contributed by atoms with E-state index in [1.807, 2.05) is 36.4 Å². The highest BCUT2D eigenvalue weighted by Gasteiger charge is 2.39. The molecule has 0 spiro atoms. The van der Waals surface area contributed by atoms with Crippen LogP contribution in [0.3, 0.4) is 0 Å². The molecule has 6 rings (SSSR count). The topological polar surface area (TPSA) is 126 Å². The molecule has 0 radical (unpaired) electrons. The molecule has 9 nitrogen and oxygen atoms in total. The van der Waals surface area contributed by atoms with Crippen LogP contribution < -0.4 is 24.4 Å². The van der Waals surface area contributed by atoms with Crippen molar-refractivity contribution in [2.75, 3.05) is 21.3 Å². The summed E-state index contributed by atoms with van der Waals surface area (Å²) in [4.78, 5) is 0. The van der Waals surface area contributed by atoms with Crippen LogP contribution in [0.25, 0.3) is 0 Å². The zero-order valence-corrected chi connectivity index (χ0v) is 29.0. The quantitative estimate of drug-likeness (QED) is 0.244. The summed E-state index contributed by atoms with van der Waals surface area (Å²) in [5.41, 5.74) is 3.44. The molecular formula is C39H53N3O6. The number of hydrogen-bond donors (Lipinski definition) is 2. The number of hydrogen-bond acceptors (Lipinski definition) is 9. The highest BCUT2D eigenvalue weighted by molar-refractivity contribution is 5.48. The predicted octanol–water partition coefficient (Wildman–Crippen LogP) is 8.07. The van der Waals surface area contributed by atoms with Crippen LogP contribution in [-0.4, -0.2) is 50.9 Å². The fourth-order valence-electron chi connectivity index (χ4n) is 7.99. The summed E-state index contributed by atoms with van der Waals surface area (Å²) >= 11 is 0. The van der Waals surface area contributed by atoms with E-state index in [2.05, 4.69) is 17.6 Å². The van der Waals surface area contributed by atoms with Gasteiger partial charge in [0.05, 0.1) is 55.5 Å². The van der Waals surface area contributed by atoms with Gasteiger partial charge in [0.25, 0.3) is 0 Å². The Morgan fingerprint density at radius 1 is 0.604 bits per heavy atom. The Balaban J connectivity index is 0.000000188. The first kappa shape index (κ1) is 35.8. The van der Waals surface area contributed by atoms with Crippen molar-refractivity contribution in [2.24, 2.45) is 0 Å². The van der Waals surface area contributed by atoms with E-state index >= 15 is 0 Å². The lowest BCUT2D eigenvalue weighted by Crippen LogP contribution is -2.37. The third-order valence-electron chi connectivity index (χ3n) is 11.2. The number of nitriles is 2. The van der Waals surface area contributed by atoms with E-state index < -0.39 is 10.8 Å². The molecule has 260 valence electrons. The third kappa shape index (κ3) is 8.20. The van der Waals surface area contributed by atoms with E-state index in [1.165, 1.54) is 25.7 Å². The molecule has 0 bridgehead atoms. The average molecular weight is 660 g/mol. The first-order chi connectivity index (χ1) is 23.4. The Kier molecular flexibility index (Phi) is 12.5. The maximum atomic E-state index is 9.89. The lowest BCUT2D eigenvalue weighted by Gasteiger charge is -2.35. The minimum atomic E-state index is -0.507. The number of rotatable bonds is 10. The van der Waals surface area contributed by atoms with Gasteiger partial charge in [-0.1, -0.05) is 12.1 Å². The molecule has 4 fully saturated rings. The van der Waals surface area contributed by atoms with Gasteiger partial charge in [-0.15, -0.1) is 0 Å². The fourth-order valence-corrected chi connectivity index (χ4v) is 7.99. The smallest absolute Gasteiger partial charge is 0.161 e. The molecule has 0 amide bonds. The van der Waals surface area contributed by atoms with E-state index in [0.717, 1.165) is 111 Å². The largest absolute Gasteiger partial charge is 0.493 e. The summed E-state index contributed by atoms with van der Waals surface area (Å²) in [7, 11) is 5.07. The Bertz CT molecular complexity index is 1300. The molecular weight excluding hydrogens is 606 g/mol. The summed E-state index contributed by atoms with van der Waals surface area (Å²) in [6.07, 6.45) is 16.6. The molecule has 4 aliphatic carbocycles. The Hall–Kier alpha value is -3.50. The van der Waals surface area contributed by atoms with Crippen LogP contribution in [-0.2, 0) is 15.6 Å². The van der Waals surface area contributed by atoms with Gasteiger partial charge in [-0.2, -0.15) is 10.5 Å². The van der Waals surface area contributed by atoms with E-state index in [0.29, 0.717) is 0 Å². The second-order valence-electron chi connectivity index (χ2n) is 14.0. The van der Waals surface area contributed by atoms with E-state index in [-0.39, 0.29) is 24.4 Å². The van der Waals surface area contributed by atoms with Crippen LogP contribution in [0.4, 0.5) is 0 Å². The fraction of sp³-hybridized carbons (Fsp3) is 0.641. The molecule has 0 unspecified atom stereocenters. The Morgan fingerprint density at radius 2 is 1.02 bits per heavy atom. The molecule has 0 aliphatic heterocycles. The van der Waals surface area contributed by atoms with Crippen molar-refractivity contribution in [3.05, 3.63) is 47.5 Å². The number of nitrogens with one attached hydrogen (secondary N) is 1. The highest BCUT2D eigenvalue weighted by atomic mass is 16.5. The molecule has 2 aromatic carbocycles. The van der Waals surface area contributed by atoms with E-state index in [4.69, 9.17) is 28.9 Å². The molecule has 4 saturated carbocycles. The summed E-state index contributed by atoms with van der Waals surface area (Å²) in [5.74, 6) is 3.01. The maximum Gasteiger partial charge on any atom is 0.161 e. The van der Waals surface area contributed by atoms with Crippen molar-refractivity contribution in [3.63, 3.8) is 0 Å². The number of hydroxylamine groups is 1. The molecule has 4 aliphatic rings. The van der Waals surface area contributed by atoms with E-state index in [9.17, 15) is 10.5 Å². The van der Waals surface area contributed by atoms with Crippen molar-refractivity contribution in [1.29, 1.82) is 10.5 Å². The van der Waals surface area contributed by atoms with Gasteiger partial charge in [0.15, 0.2) is 23.0 Å². The second-order valence-corrected chi connectivity index (χ2v) is 14.0. The normalized spacial score (nSPS) is 27.6. The van der Waals surface area contributed by atoms with Gasteiger partial charge in [0.2, 0.25) is 0 Å². The lowest BCUT2D eigenvalue weighted by atomic mass is 9.69. The van der Waals surface area contributed by atoms with Gasteiger partial charge in [-0.25, -0.2) is 5.48 Å². The van der Waals surface area contributed by atoms with Crippen molar-refractivity contribution < 1.29 is 28.9 Å². The lowest BCUT2D eigenvalue weighted by molar-refractivity contribution is 0.0573. The summed E-state index contributed by atoms with van der Waals surface area (Å²) in [5, 5.41) is 28.9. The van der Waals surface area contributed by atoms with Gasteiger partial charge in [-0.05, 0) is 138 Å². The number of nitrogens with zero attached hydrogens (tertiary/aromatic N) is 2. The second kappa shape index (κ2) is 16.7. The standard InChI is InChI=1S/C20H27NO3.C19H26N2O3/c1-22-16-9-11-20(14-21,12-10-16)15-7-8-18(23-2)19(13-15)24-17-5-3-4-6-17;1-23-17-7-6-14(12-18(17)24-16-4-2-3-5-16)19(13-20)10-8-15(21-22)9-11-19/h7-8,13,16-17H,3-6,9-12H2,1-2H3;6-7,12,15-16,21-22H,2-5,8-11H2,1H3. The SMILES string of the molecule is COc1ccc(C2(C#N)CCC(NO)CC2)cc1OC1CCCC1.COc1ccc(C2(C#N)CCC(OC)CC2)cc1OC1CCCC1. The van der Waals surface area contributed by atoms with Crippen molar-refractivity contribution >= 4 is 0 Å². The molecule has 2 N–H and O–H groups in total. The van der Waals surface area contributed by atoms with Crippen LogP contribution in [0.1, 0.15) is 114 Å². The zero-order chi connectivity index (χ0) is 34.0. The Labute approximate surface area is 286 Å². The molecule has 2 aromatic rings. The van der Waals surface area contributed by atoms with E-state index in [1.54, 1.807) is 21.3 Å². The molecule has 48 heavy (non-hydrogen) atoms. The van der Waals surface area contributed by atoms with Crippen LogP contribution in [0, 0.1) is 22.7 Å². The van der Waals surface area contributed by atoms with Gasteiger partial charge in [-0.3, -0.25) is 0 Å². The summed E-state index contributed by atoms with van der Waals surface area (Å²) < 4.78 is 28.8. The first-order valence-electron chi connectivity index (χ1n) is 17.9. The summed E-state index contributed by atoms with van der Waals surface area (Å²) in [6, 6.07) is 17.1. The minimum absolute atomic E-state index is 0.0823. The molecule has 9 heteroatoms. The van der Waals surface area contributed by atoms with Gasteiger partial charge >= 0.3 is 0 Å². The van der Waals surface area contributed by atoms with Crippen LogP contribution in [0.2, 0.25) is 0 Å². The summed E-state index contributed by atoms with van der Waals surface area (Å²) in [6.45, 7) is 0. The number of methoxy groups -OCH3 is 3. The van der Waals surface area contributed by atoms with Gasteiger partial charge in [0, 0.05) is 13.2 Å². The Morgan fingerprint density at radius 3 is 1.38 bits per heavy atom. The molecule has 0 aromatic heterocycles. The number of benzene rings is 2. The van der Waals surface area contributed by atoms with Crippen molar-refractivity contribution in [3.8, 4) is 35.1 Å². The van der Waals surface area contributed by atoms with Gasteiger partial charge in [0.1, 0.15) is 0 Å². The highest BCUT2D eigenvalue weighted by Crippen LogP contribution is 2.44. The van der Waals surface area contributed by atoms with Crippen molar-refractivity contribution in [1.82, 2.24) is 5.48 Å². The van der Waals surface area contributed by atoms with Crippen LogP contribution in [0.15, 0.2) is 36.4 Å². The molecule has 0 atom stereocenters. The monoisotopic (exact) mass is 659 g/mol. The first-order valence-corrected chi connectivity index (χ1v) is 17.9. The zero-order valence-electron chi connectivity index (χ0n) is 29.0. The van der Waals surface area contributed by atoms with Crippen LogP contribution >= 0.6 is 0 Å².